The first-order valence-electron chi connectivity index (χ1n) is 7.28. The van der Waals surface area contributed by atoms with Crippen LogP contribution in [0.25, 0.3) is 6.08 Å². The van der Waals surface area contributed by atoms with Crippen LogP contribution in [0.3, 0.4) is 0 Å². The molecule has 0 heteroatoms. The van der Waals surface area contributed by atoms with E-state index in [9.17, 15) is 0 Å². The Hall–Kier alpha value is -2.60. The summed E-state index contributed by atoms with van der Waals surface area (Å²) in [7, 11) is 0. The highest BCUT2D eigenvalue weighted by molar-refractivity contribution is 5.45. The quantitative estimate of drug-likeness (QED) is 0.424. The summed E-state index contributed by atoms with van der Waals surface area (Å²) in [5, 5.41) is 0. The van der Waals surface area contributed by atoms with Crippen LogP contribution < -0.4 is 0 Å². The van der Waals surface area contributed by atoms with Crippen molar-refractivity contribution in [1.82, 2.24) is 0 Å². The fraction of sp³-hybridized carbons (Fsp3) is 0.0909. The molecular weight excluding hydrogens is 264 g/mol. The molecule has 0 N–H and O–H groups in total. The van der Waals surface area contributed by atoms with Crippen molar-refractivity contribution < 1.29 is 0 Å². The van der Waals surface area contributed by atoms with Gasteiger partial charge >= 0.3 is 0 Å². The van der Waals surface area contributed by atoms with Gasteiger partial charge in [-0.2, -0.15) is 0 Å². The Morgan fingerprint density at radius 1 is 0.682 bits per heavy atom. The maximum Gasteiger partial charge on any atom is -0.0263 e. The standard InChI is InChI=1S/C8H8.C6H6.C4H8.C4H6/c1-2-8-6-4-3-5-7-8;1-2-4-6-5-3-1;2*1-3-4-2/h2-7H,1H2;1-6H;3H,1,4H2,2H3;3-4H,1-2H2. The van der Waals surface area contributed by atoms with E-state index in [-0.39, 0.29) is 0 Å². The normalized spacial score (nSPS) is 7.32. The minimum absolute atomic E-state index is 1.08. The molecule has 0 fully saturated rings. The third-order valence-electron chi connectivity index (χ3n) is 2.16. The topological polar surface area (TPSA) is 0 Å². The SMILES string of the molecule is C=CC=C.C=CCC.C=Cc1ccccc1.c1ccccc1. The van der Waals surface area contributed by atoms with E-state index in [2.05, 4.69) is 33.2 Å². The van der Waals surface area contributed by atoms with Gasteiger partial charge in [0.05, 0.1) is 0 Å². The molecule has 0 heterocycles. The van der Waals surface area contributed by atoms with Gasteiger partial charge in [-0.05, 0) is 12.0 Å². The van der Waals surface area contributed by atoms with E-state index < -0.39 is 0 Å². The summed E-state index contributed by atoms with van der Waals surface area (Å²) in [5.74, 6) is 0. The van der Waals surface area contributed by atoms with Crippen molar-refractivity contribution >= 4 is 6.08 Å². The second-order valence-corrected chi connectivity index (χ2v) is 3.94. The molecule has 0 atom stereocenters. The van der Waals surface area contributed by atoms with E-state index >= 15 is 0 Å². The third-order valence-corrected chi connectivity index (χ3v) is 2.16. The van der Waals surface area contributed by atoms with Crippen molar-refractivity contribution in [3.8, 4) is 0 Å². The molecule has 0 saturated heterocycles. The first-order valence-corrected chi connectivity index (χ1v) is 7.28. The molecule has 0 aliphatic carbocycles. The zero-order chi connectivity index (χ0) is 16.9. The second kappa shape index (κ2) is 20.7. The van der Waals surface area contributed by atoms with Gasteiger partial charge in [0.1, 0.15) is 0 Å². The van der Waals surface area contributed by atoms with Crippen LogP contribution in [0.1, 0.15) is 18.9 Å². The van der Waals surface area contributed by atoms with E-state index in [0.717, 1.165) is 6.42 Å². The third kappa shape index (κ3) is 19.7. The average molecular weight is 292 g/mol. The lowest BCUT2D eigenvalue weighted by atomic mass is 10.2. The molecular formula is C22H28. The van der Waals surface area contributed by atoms with Crippen LogP contribution in [-0.2, 0) is 0 Å². The van der Waals surface area contributed by atoms with E-state index in [0.29, 0.717) is 0 Å². The van der Waals surface area contributed by atoms with Crippen molar-refractivity contribution in [2.75, 3.05) is 0 Å². The van der Waals surface area contributed by atoms with Crippen molar-refractivity contribution in [3.63, 3.8) is 0 Å². The van der Waals surface area contributed by atoms with Gasteiger partial charge in [0, 0.05) is 0 Å². The molecule has 0 nitrogen and oxygen atoms in total. The van der Waals surface area contributed by atoms with Gasteiger partial charge in [0.25, 0.3) is 0 Å². The predicted octanol–water partition coefficient (Wildman–Crippen LogP) is 6.96. The zero-order valence-electron chi connectivity index (χ0n) is 13.7. The van der Waals surface area contributed by atoms with Gasteiger partial charge in [0.2, 0.25) is 0 Å². The molecule has 0 aliphatic heterocycles. The Kier molecular flexibility index (Phi) is 20.4. The van der Waals surface area contributed by atoms with Gasteiger partial charge in [0.15, 0.2) is 0 Å². The zero-order valence-corrected chi connectivity index (χ0v) is 13.7. The molecule has 0 amide bonds. The number of hydrogen-bond donors (Lipinski definition) is 0. The lowest BCUT2D eigenvalue weighted by Gasteiger charge is -1.85. The monoisotopic (exact) mass is 292 g/mol. The molecule has 116 valence electrons. The number of benzene rings is 2. The molecule has 2 rings (SSSR count). The van der Waals surface area contributed by atoms with Gasteiger partial charge < -0.3 is 0 Å². The maximum absolute atomic E-state index is 3.63. The second-order valence-electron chi connectivity index (χ2n) is 3.94. The van der Waals surface area contributed by atoms with Gasteiger partial charge in [-0.3, -0.25) is 0 Å². The van der Waals surface area contributed by atoms with Gasteiger partial charge in [-0.25, -0.2) is 0 Å². The first-order chi connectivity index (χ1) is 10.8. The molecule has 0 bridgehead atoms. The van der Waals surface area contributed by atoms with E-state index in [1.807, 2.05) is 78.9 Å². The first kappa shape index (κ1) is 21.7. The van der Waals surface area contributed by atoms with Crippen LogP contribution >= 0.6 is 0 Å². The van der Waals surface area contributed by atoms with Crippen LogP contribution in [0.5, 0.6) is 0 Å². The van der Waals surface area contributed by atoms with Crippen molar-refractivity contribution in [1.29, 1.82) is 0 Å². The molecule has 0 aliphatic rings. The van der Waals surface area contributed by atoms with Crippen molar-refractivity contribution in [2.24, 2.45) is 0 Å². The lowest BCUT2D eigenvalue weighted by Crippen LogP contribution is -1.63. The van der Waals surface area contributed by atoms with Crippen LogP contribution in [0.15, 0.2) is 111 Å². The Labute approximate surface area is 136 Å². The van der Waals surface area contributed by atoms with Crippen LogP contribution in [-0.4, -0.2) is 0 Å². The highest BCUT2D eigenvalue weighted by Gasteiger charge is 1.75. The minimum atomic E-state index is 1.08. The summed E-state index contributed by atoms with van der Waals surface area (Å²) >= 11 is 0. The largest absolute Gasteiger partial charge is 0.103 e. The molecule has 0 saturated carbocycles. The van der Waals surface area contributed by atoms with E-state index in [4.69, 9.17) is 0 Å². The molecule has 0 radical (unpaired) electrons. The summed E-state index contributed by atoms with van der Waals surface area (Å²) in [6, 6.07) is 22.0. The van der Waals surface area contributed by atoms with Gasteiger partial charge in [-0.1, -0.05) is 118 Å². The summed E-state index contributed by atoms with van der Waals surface area (Å²) in [6.07, 6.45) is 8.07. The summed E-state index contributed by atoms with van der Waals surface area (Å²) < 4.78 is 0. The highest BCUT2D eigenvalue weighted by Crippen LogP contribution is 1.97. The van der Waals surface area contributed by atoms with E-state index in [1.54, 1.807) is 12.2 Å². The number of hydrogen-bond acceptors (Lipinski definition) is 0. The fourth-order valence-electron chi connectivity index (χ4n) is 0.974. The predicted molar refractivity (Wildman–Crippen MR) is 104 cm³/mol. The van der Waals surface area contributed by atoms with Crippen LogP contribution in [0.4, 0.5) is 0 Å². The Morgan fingerprint density at radius 3 is 1.18 bits per heavy atom. The molecule has 0 unspecified atom stereocenters. The van der Waals surface area contributed by atoms with Crippen molar-refractivity contribution in [2.45, 2.75) is 13.3 Å². The Balaban J connectivity index is 0. The summed E-state index contributed by atoms with van der Waals surface area (Å²) in [4.78, 5) is 0. The van der Waals surface area contributed by atoms with Gasteiger partial charge in [-0.15, -0.1) is 6.58 Å². The lowest BCUT2D eigenvalue weighted by molar-refractivity contribution is 1.23. The number of rotatable bonds is 3. The molecule has 22 heavy (non-hydrogen) atoms. The van der Waals surface area contributed by atoms with Crippen molar-refractivity contribution in [3.05, 3.63) is 117 Å². The summed E-state index contributed by atoms with van der Waals surface area (Å²) in [5.41, 5.74) is 1.17. The average Bonchev–Trinajstić information content (AvgIpc) is 2.64. The molecule has 2 aromatic rings. The van der Waals surface area contributed by atoms with Crippen LogP contribution in [0, 0.1) is 0 Å². The highest BCUT2D eigenvalue weighted by atomic mass is 13.8. The number of allylic oxidation sites excluding steroid dienone is 3. The van der Waals surface area contributed by atoms with E-state index in [1.165, 1.54) is 5.56 Å². The Morgan fingerprint density at radius 2 is 1.00 bits per heavy atom. The minimum Gasteiger partial charge on any atom is -0.103 e. The molecule has 0 spiro atoms. The van der Waals surface area contributed by atoms with Crippen LogP contribution in [0.2, 0.25) is 0 Å². The summed E-state index contributed by atoms with van der Waals surface area (Å²) in [6.45, 7) is 15.9. The smallest absolute Gasteiger partial charge is 0.0263 e. The Bertz CT molecular complexity index is 433. The fourth-order valence-corrected chi connectivity index (χ4v) is 0.974. The molecule has 0 aromatic heterocycles. The molecule has 2 aromatic carbocycles. The maximum atomic E-state index is 3.63.